The molecule has 3 nitrogen and oxygen atoms in total. The molecule has 0 bridgehead atoms. The lowest BCUT2D eigenvalue weighted by molar-refractivity contribution is -0.113. The van der Waals surface area contributed by atoms with Crippen LogP contribution in [0.25, 0.3) is 0 Å². The van der Waals surface area contributed by atoms with Crippen molar-refractivity contribution in [2.45, 2.75) is 32.9 Å². The standard InChI is InChI=1S/C14H21NO2S/c1-9(2)18-8-13(16)15-12-7-6-10(3)14(17-5)11(12)4/h6-7,9H,8H2,1-5H3,(H,15,16). The minimum absolute atomic E-state index is 0.0303. The highest BCUT2D eigenvalue weighted by Crippen LogP contribution is 2.29. The van der Waals surface area contributed by atoms with E-state index in [-0.39, 0.29) is 5.91 Å². The van der Waals surface area contributed by atoms with E-state index in [2.05, 4.69) is 19.2 Å². The van der Waals surface area contributed by atoms with E-state index in [0.717, 1.165) is 22.6 Å². The molecule has 0 saturated carbocycles. The molecule has 0 unspecified atom stereocenters. The highest BCUT2D eigenvalue weighted by atomic mass is 32.2. The van der Waals surface area contributed by atoms with Crippen LogP contribution in [0.15, 0.2) is 12.1 Å². The van der Waals surface area contributed by atoms with Crippen LogP contribution in [0.5, 0.6) is 5.75 Å². The predicted molar refractivity (Wildman–Crippen MR) is 78.7 cm³/mol. The van der Waals surface area contributed by atoms with Crippen LogP contribution in [-0.4, -0.2) is 24.0 Å². The monoisotopic (exact) mass is 267 g/mol. The number of aryl methyl sites for hydroxylation is 1. The third-order valence-corrected chi connectivity index (χ3v) is 3.72. The average molecular weight is 267 g/mol. The van der Waals surface area contributed by atoms with Gasteiger partial charge in [0.1, 0.15) is 5.75 Å². The number of ether oxygens (including phenoxy) is 1. The molecule has 4 heteroatoms. The van der Waals surface area contributed by atoms with Crippen molar-refractivity contribution < 1.29 is 9.53 Å². The molecule has 0 aliphatic heterocycles. The quantitative estimate of drug-likeness (QED) is 0.888. The fraction of sp³-hybridized carbons (Fsp3) is 0.500. The first-order chi connectivity index (χ1) is 8.45. The summed E-state index contributed by atoms with van der Waals surface area (Å²) in [5, 5.41) is 3.39. The maximum atomic E-state index is 11.8. The number of hydrogen-bond acceptors (Lipinski definition) is 3. The first-order valence-electron chi connectivity index (χ1n) is 6.01. The van der Waals surface area contributed by atoms with Crippen LogP contribution in [0, 0.1) is 13.8 Å². The van der Waals surface area contributed by atoms with Crippen molar-refractivity contribution in [1.29, 1.82) is 0 Å². The second-order valence-electron chi connectivity index (χ2n) is 4.50. The van der Waals surface area contributed by atoms with E-state index in [1.807, 2.05) is 26.0 Å². The summed E-state index contributed by atoms with van der Waals surface area (Å²) < 4.78 is 5.34. The fourth-order valence-electron chi connectivity index (χ4n) is 1.71. The minimum Gasteiger partial charge on any atom is -0.496 e. The van der Waals surface area contributed by atoms with Gasteiger partial charge in [-0.25, -0.2) is 0 Å². The van der Waals surface area contributed by atoms with Crippen molar-refractivity contribution in [3.05, 3.63) is 23.3 Å². The molecule has 0 atom stereocenters. The summed E-state index contributed by atoms with van der Waals surface area (Å²) in [5.74, 6) is 1.35. The summed E-state index contributed by atoms with van der Waals surface area (Å²) in [7, 11) is 1.65. The third kappa shape index (κ3) is 3.95. The molecule has 1 aromatic carbocycles. The largest absolute Gasteiger partial charge is 0.496 e. The second-order valence-corrected chi connectivity index (χ2v) is 6.06. The summed E-state index contributed by atoms with van der Waals surface area (Å²) in [4.78, 5) is 11.8. The maximum Gasteiger partial charge on any atom is 0.234 e. The van der Waals surface area contributed by atoms with Crippen LogP contribution >= 0.6 is 11.8 Å². The van der Waals surface area contributed by atoms with Gasteiger partial charge in [0.05, 0.1) is 12.9 Å². The van der Waals surface area contributed by atoms with E-state index in [0.29, 0.717) is 11.0 Å². The summed E-state index contributed by atoms with van der Waals surface area (Å²) in [6.45, 7) is 8.11. The Balaban J connectivity index is 2.76. The zero-order valence-electron chi connectivity index (χ0n) is 11.7. The maximum absolute atomic E-state index is 11.8. The summed E-state index contributed by atoms with van der Waals surface area (Å²) in [6.07, 6.45) is 0. The molecule has 0 radical (unpaired) electrons. The Bertz CT molecular complexity index is 430. The number of rotatable bonds is 5. The van der Waals surface area contributed by atoms with E-state index >= 15 is 0 Å². The molecule has 0 spiro atoms. The minimum atomic E-state index is 0.0303. The van der Waals surface area contributed by atoms with E-state index in [1.165, 1.54) is 0 Å². The van der Waals surface area contributed by atoms with Crippen LogP contribution in [0.4, 0.5) is 5.69 Å². The topological polar surface area (TPSA) is 38.3 Å². The highest BCUT2D eigenvalue weighted by molar-refractivity contribution is 8.00. The number of amides is 1. The molecule has 0 saturated heterocycles. The van der Waals surface area contributed by atoms with Crippen LogP contribution in [0.2, 0.25) is 0 Å². The predicted octanol–water partition coefficient (Wildman–Crippen LogP) is 3.39. The Hall–Kier alpha value is -1.16. The average Bonchev–Trinajstić information content (AvgIpc) is 2.31. The Morgan fingerprint density at radius 3 is 2.61 bits per heavy atom. The Kier molecular flexibility index (Phi) is 5.54. The lowest BCUT2D eigenvalue weighted by atomic mass is 10.1. The van der Waals surface area contributed by atoms with Crippen molar-refractivity contribution in [2.75, 3.05) is 18.2 Å². The van der Waals surface area contributed by atoms with Gasteiger partial charge in [0, 0.05) is 11.3 Å². The molecule has 1 amide bonds. The van der Waals surface area contributed by atoms with Crippen LogP contribution < -0.4 is 10.1 Å². The van der Waals surface area contributed by atoms with E-state index in [9.17, 15) is 4.79 Å². The van der Waals surface area contributed by atoms with Crippen molar-refractivity contribution in [3.63, 3.8) is 0 Å². The van der Waals surface area contributed by atoms with Crippen LogP contribution in [-0.2, 0) is 4.79 Å². The van der Waals surface area contributed by atoms with Gasteiger partial charge in [-0.1, -0.05) is 19.9 Å². The molecule has 0 aromatic heterocycles. The number of carbonyl (C=O) groups excluding carboxylic acids is 1. The molecule has 18 heavy (non-hydrogen) atoms. The number of benzene rings is 1. The molecule has 100 valence electrons. The first-order valence-corrected chi connectivity index (χ1v) is 7.06. The molecule has 1 rings (SSSR count). The molecule has 0 aliphatic carbocycles. The van der Waals surface area contributed by atoms with Gasteiger partial charge < -0.3 is 10.1 Å². The van der Waals surface area contributed by atoms with Gasteiger partial charge in [-0.05, 0) is 30.7 Å². The smallest absolute Gasteiger partial charge is 0.234 e. The SMILES string of the molecule is COc1c(C)ccc(NC(=O)CSC(C)C)c1C. The molecule has 1 aromatic rings. The van der Waals surface area contributed by atoms with Gasteiger partial charge in [-0.15, -0.1) is 11.8 Å². The third-order valence-electron chi connectivity index (χ3n) is 2.63. The second kappa shape index (κ2) is 6.69. The molecular weight excluding hydrogens is 246 g/mol. The molecule has 0 aliphatic rings. The van der Waals surface area contributed by atoms with Gasteiger partial charge >= 0.3 is 0 Å². The van der Waals surface area contributed by atoms with Gasteiger partial charge in [0.2, 0.25) is 5.91 Å². The normalized spacial score (nSPS) is 10.6. The van der Waals surface area contributed by atoms with Crippen molar-refractivity contribution in [1.82, 2.24) is 0 Å². The van der Waals surface area contributed by atoms with E-state index in [4.69, 9.17) is 4.74 Å². The zero-order valence-corrected chi connectivity index (χ0v) is 12.5. The molecule has 1 N–H and O–H groups in total. The number of nitrogens with one attached hydrogen (secondary N) is 1. The fourth-order valence-corrected chi connectivity index (χ4v) is 2.26. The summed E-state index contributed by atoms with van der Waals surface area (Å²) >= 11 is 1.63. The Labute approximate surface area is 113 Å². The lowest BCUT2D eigenvalue weighted by Crippen LogP contribution is -2.16. The number of carbonyl (C=O) groups is 1. The number of methoxy groups -OCH3 is 1. The summed E-state index contributed by atoms with van der Waals surface area (Å²) in [6, 6.07) is 3.88. The first kappa shape index (κ1) is 14.9. The van der Waals surface area contributed by atoms with Gasteiger partial charge in [-0.2, -0.15) is 0 Å². The van der Waals surface area contributed by atoms with Crippen molar-refractivity contribution in [3.8, 4) is 5.75 Å². The van der Waals surface area contributed by atoms with Crippen LogP contribution in [0.3, 0.4) is 0 Å². The molecule has 0 fully saturated rings. The van der Waals surface area contributed by atoms with Gasteiger partial charge in [-0.3, -0.25) is 4.79 Å². The van der Waals surface area contributed by atoms with Crippen LogP contribution in [0.1, 0.15) is 25.0 Å². The number of hydrogen-bond donors (Lipinski definition) is 1. The number of thioether (sulfide) groups is 1. The van der Waals surface area contributed by atoms with E-state index in [1.54, 1.807) is 18.9 Å². The summed E-state index contributed by atoms with van der Waals surface area (Å²) in [5.41, 5.74) is 2.87. The highest BCUT2D eigenvalue weighted by Gasteiger charge is 2.10. The Morgan fingerprint density at radius 1 is 1.39 bits per heavy atom. The lowest BCUT2D eigenvalue weighted by Gasteiger charge is -2.14. The molecular formula is C14H21NO2S. The zero-order chi connectivity index (χ0) is 13.7. The molecule has 0 heterocycles. The number of anilines is 1. The van der Waals surface area contributed by atoms with Gasteiger partial charge in [0.15, 0.2) is 0 Å². The van der Waals surface area contributed by atoms with Crippen molar-refractivity contribution in [2.24, 2.45) is 0 Å². The van der Waals surface area contributed by atoms with Gasteiger partial charge in [0.25, 0.3) is 0 Å². The van der Waals surface area contributed by atoms with Crippen molar-refractivity contribution >= 4 is 23.4 Å². The Morgan fingerprint density at radius 2 is 2.06 bits per heavy atom. The van der Waals surface area contributed by atoms with E-state index < -0.39 is 0 Å².